The molecule has 3 nitrogen and oxygen atoms in total. The van der Waals surface area contributed by atoms with Gasteiger partial charge in [-0.2, -0.15) is 11.8 Å². The molecule has 2 rings (SSSR count). The second-order valence-corrected chi connectivity index (χ2v) is 5.29. The molecular weight excluding hydrogens is 298 g/mol. The zero-order valence-corrected chi connectivity index (χ0v) is 11.1. The smallest absolute Gasteiger partial charge is 0.403 e. The summed E-state index contributed by atoms with van der Waals surface area (Å²) in [7, 11) is 0. The molecule has 20 heavy (non-hydrogen) atoms. The van der Waals surface area contributed by atoms with Crippen LogP contribution in [0, 0.1) is 5.82 Å². The molecule has 0 atom stereocenters. The molecule has 0 aliphatic carbocycles. The summed E-state index contributed by atoms with van der Waals surface area (Å²) in [6.45, 7) is 0.903. The predicted molar refractivity (Wildman–Crippen MR) is 66.3 cm³/mol. The van der Waals surface area contributed by atoms with E-state index in [0.717, 1.165) is 29.7 Å². The molecule has 8 heteroatoms. The van der Waals surface area contributed by atoms with E-state index in [9.17, 15) is 22.4 Å². The lowest BCUT2D eigenvalue weighted by Gasteiger charge is -2.26. The van der Waals surface area contributed by atoms with Gasteiger partial charge in [0.05, 0.1) is 5.56 Å². The van der Waals surface area contributed by atoms with E-state index in [2.05, 4.69) is 4.74 Å². The van der Waals surface area contributed by atoms with Gasteiger partial charge in [0, 0.05) is 24.6 Å². The first-order valence-corrected chi connectivity index (χ1v) is 6.95. The number of nitrogens with zero attached hydrogens (tertiary/aromatic N) is 1. The Morgan fingerprint density at radius 3 is 2.50 bits per heavy atom. The first-order chi connectivity index (χ1) is 9.38. The highest BCUT2D eigenvalue weighted by atomic mass is 32.2. The third kappa shape index (κ3) is 3.56. The molecule has 1 aliphatic heterocycles. The van der Waals surface area contributed by atoms with E-state index in [1.165, 1.54) is 4.90 Å². The van der Waals surface area contributed by atoms with Gasteiger partial charge in [-0.3, -0.25) is 4.79 Å². The Morgan fingerprint density at radius 2 is 1.90 bits per heavy atom. The molecule has 1 heterocycles. The van der Waals surface area contributed by atoms with E-state index >= 15 is 0 Å². The van der Waals surface area contributed by atoms with Crippen LogP contribution in [0.4, 0.5) is 17.6 Å². The number of halogens is 4. The minimum atomic E-state index is -5.00. The maximum atomic E-state index is 13.9. The van der Waals surface area contributed by atoms with E-state index in [1.54, 1.807) is 11.8 Å². The molecule has 1 amide bonds. The van der Waals surface area contributed by atoms with Crippen LogP contribution < -0.4 is 4.74 Å². The molecule has 1 saturated heterocycles. The second kappa shape index (κ2) is 5.90. The summed E-state index contributed by atoms with van der Waals surface area (Å²) in [4.78, 5) is 13.5. The van der Waals surface area contributed by atoms with E-state index in [4.69, 9.17) is 0 Å². The fourth-order valence-corrected chi connectivity index (χ4v) is 2.72. The molecule has 1 fully saturated rings. The molecule has 1 aliphatic rings. The van der Waals surface area contributed by atoms with Crippen LogP contribution in [0.3, 0.4) is 0 Å². The summed E-state index contributed by atoms with van der Waals surface area (Å²) in [6, 6.07) is 3.16. The SMILES string of the molecule is O=C(c1cccc(OC(F)(F)F)c1F)N1CCSCC1. The number of hydrogen-bond acceptors (Lipinski definition) is 3. The molecule has 0 unspecified atom stereocenters. The van der Waals surface area contributed by atoms with Crippen molar-refractivity contribution in [2.75, 3.05) is 24.6 Å². The average Bonchev–Trinajstić information content (AvgIpc) is 2.40. The second-order valence-electron chi connectivity index (χ2n) is 4.07. The molecule has 1 aromatic rings. The summed E-state index contributed by atoms with van der Waals surface area (Å²) in [5.74, 6) is -1.43. The first-order valence-electron chi connectivity index (χ1n) is 5.80. The van der Waals surface area contributed by atoms with Crippen molar-refractivity contribution in [3.63, 3.8) is 0 Å². The molecule has 0 spiro atoms. The number of ether oxygens (including phenoxy) is 1. The van der Waals surface area contributed by atoms with Crippen molar-refractivity contribution in [1.29, 1.82) is 0 Å². The number of thioether (sulfide) groups is 1. The van der Waals surface area contributed by atoms with Crippen molar-refractivity contribution >= 4 is 17.7 Å². The number of rotatable bonds is 2. The Kier molecular flexibility index (Phi) is 4.42. The number of alkyl halides is 3. The number of carbonyl (C=O) groups excluding carboxylic acids is 1. The van der Waals surface area contributed by atoms with Gasteiger partial charge in [-0.05, 0) is 12.1 Å². The van der Waals surface area contributed by atoms with Gasteiger partial charge in [0.15, 0.2) is 11.6 Å². The first kappa shape index (κ1) is 15.0. The third-order valence-corrected chi connectivity index (χ3v) is 3.66. The lowest BCUT2D eigenvalue weighted by molar-refractivity contribution is -0.275. The van der Waals surface area contributed by atoms with Crippen molar-refractivity contribution in [2.24, 2.45) is 0 Å². The van der Waals surface area contributed by atoms with Crippen LogP contribution in [0.5, 0.6) is 5.75 Å². The molecule has 0 aromatic heterocycles. The van der Waals surface area contributed by atoms with E-state index in [0.29, 0.717) is 13.1 Å². The van der Waals surface area contributed by atoms with Crippen molar-refractivity contribution < 1.29 is 27.1 Å². The van der Waals surface area contributed by atoms with Gasteiger partial charge in [-0.15, -0.1) is 13.2 Å². The Hall–Kier alpha value is -1.44. The maximum absolute atomic E-state index is 13.9. The van der Waals surface area contributed by atoms with Gasteiger partial charge in [0.25, 0.3) is 5.91 Å². The average molecular weight is 309 g/mol. The Bertz CT molecular complexity index is 501. The van der Waals surface area contributed by atoms with Gasteiger partial charge in [-0.25, -0.2) is 4.39 Å². The van der Waals surface area contributed by atoms with Gasteiger partial charge in [-0.1, -0.05) is 6.07 Å². The van der Waals surface area contributed by atoms with Gasteiger partial charge < -0.3 is 9.64 Å². The van der Waals surface area contributed by atoms with Crippen molar-refractivity contribution in [2.45, 2.75) is 6.36 Å². The Labute approximate surface area is 116 Å². The van der Waals surface area contributed by atoms with Crippen molar-refractivity contribution in [3.05, 3.63) is 29.6 Å². The van der Waals surface area contributed by atoms with E-state index in [-0.39, 0.29) is 0 Å². The van der Waals surface area contributed by atoms with E-state index < -0.39 is 29.4 Å². The quantitative estimate of drug-likeness (QED) is 0.787. The monoisotopic (exact) mass is 309 g/mol. The zero-order chi connectivity index (χ0) is 14.8. The van der Waals surface area contributed by atoms with E-state index in [1.807, 2.05) is 0 Å². The maximum Gasteiger partial charge on any atom is 0.573 e. The molecule has 1 aromatic carbocycles. The van der Waals surface area contributed by atoms with Crippen LogP contribution in [0.25, 0.3) is 0 Å². The van der Waals surface area contributed by atoms with Gasteiger partial charge in [0.2, 0.25) is 0 Å². The lowest BCUT2D eigenvalue weighted by Crippen LogP contribution is -2.38. The van der Waals surface area contributed by atoms with Crippen LogP contribution in [0.2, 0.25) is 0 Å². The van der Waals surface area contributed by atoms with Gasteiger partial charge >= 0.3 is 6.36 Å². The summed E-state index contributed by atoms with van der Waals surface area (Å²) in [6.07, 6.45) is -5.00. The van der Waals surface area contributed by atoms with Crippen LogP contribution in [0.15, 0.2) is 18.2 Å². The molecule has 0 bridgehead atoms. The van der Waals surface area contributed by atoms with Crippen molar-refractivity contribution in [3.8, 4) is 5.75 Å². The van der Waals surface area contributed by atoms with Crippen LogP contribution >= 0.6 is 11.8 Å². The molecule has 0 radical (unpaired) electrons. The number of hydrogen-bond donors (Lipinski definition) is 0. The summed E-state index contributed by atoms with van der Waals surface area (Å²) in [5, 5.41) is 0. The Morgan fingerprint density at radius 1 is 1.25 bits per heavy atom. The highest BCUT2D eigenvalue weighted by Crippen LogP contribution is 2.28. The Balaban J connectivity index is 2.23. The minimum absolute atomic E-state index is 0.404. The number of carbonyl (C=O) groups is 1. The van der Waals surface area contributed by atoms with Crippen LogP contribution in [0.1, 0.15) is 10.4 Å². The third-order valence-electron chi connectivity index (χ3n) is 2.72. The van der Waals surface area contributed by atoms with Gasteiger partial charge in [0.1, 0.15) is 0 Å². The van der Waals surface area contributed by atoms with Crippen LogP contribution in [-0.2, 0) is 0 Å². The number of amides is 1. The molecule has 110 valence electrons. The highest BCUT2D eigenvalue weighted by Gasteiger charge is 2.33. The topological polar surface area (TPSA) is 29.5 Å². The fraction of sp³-hybridized carbons (Fsp3) is 0.417. The molecular formula is C12H11F4NO2S. The largest absolute Gasteiger partial charge is 0.573 e. The summed E-state index contributed by atoms with van der Waals surface area (Å²) in [5.41, 5.74) is -0.404. The lowest BCUT2D eigenvalue weighted by atomic mass is 10.1. The van der Waals surface area contributed by atoms with Crippen LogP contribution in [-0.4, -0.2) is 41.8 Å². The standard InChI is InChI=1S/C12H11F4NO2S/c13-10-8(11(18)17-4-6-20-7-5-17)2-1-3-9(10)19-12(14,15)16/h1-3H,4-7H2. The highest BCUT2D eigenvalue weighted by molar-refractivity contribution is 7.99. The zero-order valence-electron chi connectivity index (χ0n) is 10.2. The molecule has 0 saturated carbocycles. The summed E-state index contributed by atoms with van der Waals surface area (Å²) < 4.78 is 53.9. The number of benzene rings is 1. The summed E-state index contributed by atoms with van der Waals surface area (Å²) >= 11 is 1.67. The minimum Gasteiger partial charge on any atom is -0.403 e. The predicted octanol–water partition coefficient (Wildman–Crippen LogP) is 2.91. The van der Waals surface area contributed by atoms with Crippen molar-refractivity contribution in [1.82, 2.24) is 4.90 Å². The fourth-order valence-electron chi connectivity index (χ4n) is 1.82. The molecule has 0 N–H and O–H groups in total. The normalized spacial score (nSPS) is 16.1.